The second kappa shape index (κ2) is 9.31. The molecule has 1 fully saturated rings. The van der Waals surface area contributed by atoms with E-state index < -0.39 is 0 Å². The van der Waals surface area contributed by atoms with E-state index in [1.165, 1.54) is 19.3 Å². The molecule has 0 spiro atoms. The van der Waals surface area contributed by atoms with Crippen molar-refractivity contribution in [3.63, 3.8) is 0 Å². The number of para-hydroxylation sites is 2. The standard InChI is InChI=1S/C22H28N2O3/c1-3-26-20-13-12-17(16-21(20)27-4-2)22(25)23-18-10-6-7-11-19(18)24-14-8-5-9-15-24/h6-7,10-13,16H,3-5,8-9,14-15H2,1-2H3,(H,23,25). The average Bonchev–Trinajstić information content (AvgIpc) is 2.70. The van der Waals surface area contributed by atoms with Crippen LogP contribution < -0.4 is 19.7 Å². The van der Waals surface area contributed by atoms with Crippen LogP contribution in [0.5, 0.6) is 11.5 Å². The van der Waals surface area contributed by atoms with Gasteiger partial charge in [0.1, 0.15) is 0 Å². The molecule has 27 heavy (non-hydrogen) atoms. The molecular formula is C22H28N2O3. The Balaban J connectivity index is 1.80. The Morgan fingerprint density at radius 1 is 0.963 bits per heavy atom. The molecule has 1 N–H and O–H groups in total. The number of benzene rings is 2. The van der Waals surface area contributed by atoms with E-state index in [9.17, 15) is 4.79 Å². The van der Waals surface area contributed by atoms with Gasteiger partial charge in [-0.05, 0) is 63.4 Å². The molecule has 1 aliphatic rings. The SMILES string of the molecule is CCOc1ccc(C(=O)Nc2ccccc2N2CCCCC2)cc1OCC. The highest BCUT2D eigenvalue weighted by Gasteiger charge is 2.17. The Hall–Kier alpha value is -2.69. The molecule has 0 bridgehead atoms. The lowest BCUT2D eigenvalue weighted by atomic mass is 10.1. The minimum absolute atomic E-state index is 0.150. The summed E-state index contributed by atoms with van der Waals surface area (Å²) in [6.07, 6.45) is 3.66. The fourth-order valence-corrected chi connectivity index (χ4v) is 3.38. The van der Waals surface area contributed by atoms with Crippen molar-refractivity contribution < 1.29 is 14.3 Å². The number of nitrogens with one attached hydrogen (secondary N) is 1. The molecule has 1 aliphatic heterocycles. The molecule has 0 radical (unpaired) electrons. The average molecular weight is 368 g/mol. The molecule has 1 heterocycles. The van der Waals surface area contributed by atoms with Gasteiger partial charge < -0.3 is 19.7 Å². The van der Waals surface area contributed by atoms with Gasteiger partial charge in [-0.15, -0.1) is 0 Å². The number of carbonyl (C=O) groups is 1. The first-order valence-corrected chi connectivity index (χ1v) is 9.78. The van der Waals surface area contributed by atoms with Crippen molar-refractivity contribution >= 4 is 17.3 Å². The summed E-state index contributed by atoms with van der Waals surface area (Å²) in [6, 6.07) is 13.3. The maximum atomic E-state index is 12.8. The van der Waals surface area contributed by atoms with E-state index in [2.05, 4.69) is 16.3 Å². The molecule has 0 saturated carbocycles. The number of piperidine rings is 1. The van der Waals surface area contributed by atoms with E-state index in [4.69, 9.17) is 9.47 Å². The minimum atomic E-state index is -0.150. The molecule has 5 nitrogen and oxygen atoms in total. The van der Waals surface area contributed by atoms with Crippen LogP contribution in [0.1, 0.15) is 43.5 Å². The van der Waals surface area contributed by atoms with Crippen molar-refractivity contribution in [2.45, 2.75) is 33.1 Å². The van der Waals surface area contributed by atoms with Gasteiger partial charge in [0.15, 0.2) is 11.5 Å². The molecule has 0 aromatic heterocycles. The van der Waals surface area contributed by atoms with Gasteiger partial charge in [0.05, 0.1) is 24.6 Å². The van der Waals surface area contributed by atoms with Crippen molar-refractivity contribution in [3.05, 3.63) is 48.0 Å². The Kier molecular flexibility index (Phi) is 6.58. The Bertz CT molecular complexity index is 770. The van der Waals surface area contributed by atoms with Gasteiger partial charge in [-0.25, -0.2) is 0 Å². The van der Waals surface area contributed by atoms with Gasteiger partial charge in [0.2, 0.25) is 0 Å². The lowest BCUT2D eigenvalue weighted by Gasteiger charge is -2.30. The first-order valence-electron chi connectivity index (χ1n) is 9.78. The number of nitrogens with zero attached hydrogens (tertiary/aromatic N) is 1. The molecule has 0 atom stereocenters. The molecule has 0 unspecified atom stereocenters. The van der Waals surface area contributed by atoms with Gasteiger partial charge in [0.25, 0.3) is 5.91 Å². The van der Waals surface area contributed by atoms with E-state index in [0.717, 1.165) is 24.5 Å². The zero-order valence-electron chi connectivity index (χ0n) is 16.2. The summed E-state index contributed by atoms with van der Waals surface area (Å²) >= 11 is 0. The van der Waals surface area contributed by atoms with Crippen molar-refractivity contribution in [2.24, 2.45) is 0 Å². The van der Waals surface area contributed by atoms with E-state index in [-0.39, 0.29) is 5.91 Å². The summed E-state index contributed by atoms with van der Waals surface area (Å²) in [4.78, 5) is 15.2. The fraction of sp³-hybridized carbons (Fsp3) is 0.409. The molecule has 1 amide bonds. The second-order valence-corrected chi connectivity index (χ2v) is 6.55. The molecule has 5 heteroatoms. The maximum absolute atomic E-state index is 12.8. The van der Waals surface area contributed by atoms with Crippen LogP contribution in [0.4, 0.5) is 11.4 Å². The number of carbonyl (C=O) groups excluding carboxylic acids is 1. The van der Waals surface area contributed by atoms with Crippen LogP contribution in [0.3, 0.4) is 0 Å². The highest BCUT2D eigenvalue weighted by Crippen LogP contribution is 2.31. The predicted molar refractivity (Wildman–Crippen MR) is 109 cm³/mol. The summed E-state index contributed by atoms with van der Waals surface area (Å²) in [5, 5.41) is 3.07. The van der Waals surface area contributed by atoms with Crippen LogP contribution in [-0.2, 0) is 0 Å². The minimum Gasteiger partial charge on any atom is -0.490 e. The normalized spacial score (nSPS) is 13.9. The van der Waals surface area contributed by atoms with E-state index >= 15 is 0 Å². The monoisotopic (exact) mass is 368 g/mol. The highest BCUT2D eigenvalue weighted by atomic mass is 16.5. The van der Waals surface area contributed by atoms with Crippen LogP contribution in [0.15, 0.2) is 42.5 Å². The third kappa shape index (κ3) is 4.73. The largest absolute Gasteiger partial charge is 0.490 e. The van der Waals surface area contributed by atoms with Crippen molar-refractivity contribution in [3.8, 4) is 11.5 Å². The van der Waals surface area contributed by atoms with Crippen molar-refractivity contribution in [1.82, 2.24) is 0 Å². The van der Waals surface area contributed by atoms with Gasteiger partial charge in [0, 0.05) is 18.7 Å². The fourth-order valence-electron chi connectivity index (χ4n) is 3.38. The maximum Gasteiger partial charge on any atom is 0.255 e. The molecule has 144 valence electrons. The zero-order chi connectivity index (χ0) is 19.1. The van der Waals surface area contributed by atoms with E-state index in [1.807, 2.05) is 32.0 Å². The number of ether oxygens (including phenoxy) is 2. The highest BCUT2D eigenvalue weighted by molar-refractivity contribution is 6.06. The van der Waals surface area contributed by atoms with Crippen LogP contribution in [-0.4, -0.2) is 32.2 Å². The Morgan fingerprint density at radius 2 is 1.67 bits per heavy atom. The van der Waals surface area contributed by atoms with Gasteiger partial charge in [-0.2, -0.15) is 0 Å². The number of rotatable bonds is 7. The summed E-state index contributed by atoms with van der Waals surface area (Å²) in [7, 11) is 0. The van der Waals surface area contributed by atoms with Crippen LogP contribution in [0.2, 0.25) is 0 Å². The second-order valence-electron chi connectivity index (χ2n) is 6.55. The molecule has 2 aromatic rings. The van der Waals surface area contributed by atoms with Gasteiger partial charge in [-0.1, -0.05) is 12.1 Å². The van der Waals surface area contributed by atoms with Crippen LogP contribution in [0, 0.1) is 0 Å². The lowest BCUT2D eigenvalue weighted by Crippen LogP contribution is -2.30. The number of anilines is 2. The smallest absolute Gasteiger partial charge is 0.255 e. The molecule has 0 aliphatic carbocycles. The summed E-state index contributed by atoms with van der Waals surface area (Å²) in [6.45, 7) is 6.97. The summed E-state index contributed by atoms with van der Waals surface area (Å²) in [5.41, 5.74) is 2.48. The summed E-state index contributed by atoms with van der Waals surface area (Å²) < 4.78 is 11.2. The number of hydrogen-bond acceptors (Lipinski definition) is 4. The number of amides is 1. The predicted octanol–water partition coefficient (Wildman–Crippen LogP) is 4.73. The van der Waals surface area contributed by atoms with Gasteiger partial charge in [-0.3, -0.25) is 4.79 Å². The summed E-state index contributed by atoms with van der Waals surface area (Å²) in [5.74, 6) is 1.10. The number of hydrogen-bond donors (Lipinski definition) is 1. The van der Waals surface area contributed by atoms with Crippen LogP contribution in [0.25, 0.3) is 0 Å². The molecule has 1 saturated heterocycles. The molecule has 3 rings (SSSR count). The van der Waals surface area contributed by atoms with Crippen LogP contribution >= 0.6 is 0 Å². The lowest BCUT2D eigenvalue weighted by molar-refractivity contribution is 0.102. The first-order chi connectivity index (χ1) is 13.2. The molecule has 2 aromatic carbocycles. The van der Waals surface area contributed by atoms with E-state index in [1.54, 1.807) is 18.2 Å². The molecular weight excluding hydrogens is 340 g/mol. The zero-order valence-corrected chi connectivity index (χ0v) is 16.2. The van der Waals surface area contributed by atoms with Gasteiger partial charge >= 0.3 is 0 Å². The third-order valence-corrected chi connectivity index (χ3v) is 4.65. The topological polar surface area (TPSA) is 50.8 Å². The first kappa shape index (κ1) is 19.1. The third-order valence-electron chi connectivity index (χ3n) is 4.65. The van der Waals surface area contributed by atoms with E-state index in [0.29, 0.717) is 30.3 Å². The Morgan fingerprint density at radius 3 is 2.41 bits per heavy atom. The quantitative estimate of drug-likeness (QED) is 0.768. The van der Waals surface area contributed by atoms with Crippen molar-refractivity contribution in [2.75, 3.05) is 36.5 Å². The Labute approximate surface area is 161 Å². The van der Waals surface area contributed by atoms with Crippen molar-refractivity contribution in [1.29, 1.82) is 0 Å².